The number of anilines is 1. The molecule has 2 saturated heterocycles. The maximum Gasteiger partial charge on any atom is 0.267 e. The first-order valence-electron chi connectivity index (χ1n) is 9.02. The van der Waals surface area contributed by atoms with Gasteiger partial charge in [-0.25, -0.2) is 0 Å². The Balaban J connectivity index is 1.73. The summed E-state index contributed by atoms with van der Waals surface area (Å²) in [5.41, 5.74) is 2.11. The highest BCUT2D eigenvalue weighted by molar-refractivity contribution is 9.10. The summed E-state index contributed by atoms with van der Waals surface area (Å²) in [6.07, 6.45) is 2.80. The van der Waals surface area contributed by atoms with Crippen molar-refractivity contribution in [3.05, 3.63) is 33.1 Å². The smallest absolute Gasteiger partial charge is 0.267 e. The van der Waals surface area contributed by atoms with E-state index in [1.807, 2.05) is 25.1 Å². The number of amides is 2. The van der Waals surface area contributed by atoms with Gasteiger partial charge in [0.05, 0.1) is 28.8 Å². The van der Waals surface area contributed by atoms with Crippen LogP contribution in [0.2, 0.25) is 0 Å². The summed E-state index contributed by atoms with van der Waals surface area (Å²) in [6.45, 7) is 3.84. The van der Waals surface area contributed by atoms with E-state index >= 15 is 0 Å². The van der Waals surface area contributed by atoms with Crippen LogP contribution in [0, 0.1) is 0 Å². The lowest BCUT2D eigenvalue weighted by molar-refractivity contribution is -0.123. The second-order valence-corrected chi connectivity index (χ2v) is 9.30. The molecule has 0 aliphatic carbocycles. The molecule has 2 amide bonds. The molecule has 3 aliphatic rings. The Kier molecular flexibility index (Phi) is 5.42. The Morgan fingerprint density at radius 2 is 2.11 bits per heavy atom. The van der Waals surface area contributed by atoms with Crippen molar-refractivity contribution in [1.82, 2.24) is 4.90 Å². The number of hydrogen-bond donors (Lipinski definition) is 0. The zero-order valence-electron chi connectivity index (χ0n) is 14.9. The Morgan fingerprint density at radius 3 is 2.81 bits per heavy atom. The molecule has 0 spiro atoms. The molecule has 1 aromatic carbocycles. The number of carbonyl (C=O) groups excluding carboxylic acids is 2. The molecule has 5 nitrogen and oxygen atoms in total. The standard InChI is InChI=1S/C19H19BrN2O3S2/c1-2-7-21-14-6-5-11(20)9-13(14)15(17(21)23)16-18(24)22(19(26)27-16)10-12-4-3-8-25-12/h5-6,9,12H,2-4,7-8,10H2,1H3/b16-15-/t12-/m0/s1. The van der Waals surface area contributed by atoms with Crippen LogP contribution >= 0.6 is 39.9 Å². The molecule has 3 heterocycles. The summed E-state index contributed by atoms with van der Waals surface area (Å²) in [5.74, 6) is -0.310. The van der Waals surface area contributed by atoms with E-state index in [0.717, 1.165) is 41.6 Å². The summed E-state index contributed by atoms with van der Waals surface area (Å²) >= 11 is 10.2. The van der Waals surface area contributed by atoms with Crippen molar-refractivity contribution in [3.63, 3.8) is 0 Å². The highest BCUT2D eigenvalue weighted by Crippen LogP contribution is 2.45. The fourth-order valence-electron chi connectivity index (χ4n) is 3.67. The van der Waals surface area contributed by atoms with Crippen molar-refractivity contribution >= 4 is 67.3 Å². The van der Waals surface area contributed by atoms with Gasteiger partial charge >= 0.3 is 0 Å². The highest BCUT2D eigenvalue weighted by Gasteiger charge is 2.42. The number of benzene rings is 1. The molecule has 1 aromatic rings. The van der Waals surface area contributed by atoms with Crippen LogP contribution in [-0.4, -0.2) is 46.8 Å². The normalized spacial score (nSPS) is 25.1. The third-order valence-electron chi connectivity index (χ3n) is 4.91. The van der Waals surface area contributed by atoms with E-state index in [1.54, 1.807) is 9.80 Å². The number of rotatable bonds is 4. The molecular formula is C19H19BrN2O3S2. The number of ether oxygens (including phenoxy) is 1. The van der Waals surface area contributed by atoms with Crippen LogP contribution in [0.4, 0.5) is 5.69 Å². The average Bonchev–Trinajstić information content (AvgIpc) is 3.31. The number of fused-ring (bicyclic) bond motifs is 1. The van der Waals surface area contributed by atoms with Crippen molar-refractivity contribution in [1.29, 1.82) is 0 Å². The average molecular weight is 467 g/mol. The minimum absolute atomic E-state index is 0.0224. The Morgan fingerprint density at radius 1 is 1.30 bits per heavy atom. The van der Waals surface area contributed by atoms with E-state index in [-0.39, 0.29) is 17.9 Å². The number of nitrogens with zero attached hydrogens (tertiary/aromatic N) is 2. The van der Waals surface area contributed by atoms with Gasteiger partial charge in [-0.2, -0.15) is 0 Å². The van der Waals surface area contributed by atoms with Gasteiger partial charge in [0.25, 0.3) is 11.8 Å². The van der Waals surface area contributed by atoms with E-state index in [1.165, 1.54) is 11.8 Å². The Bertz CT molecular complexity index is 865. The quantitative estimate of drug-likeness (QED) is 0.496. The number of halogens is 1. The minimum atomic E-state index is -0.187. The number of carbonyl (C=O) groups is 2. The summed E-state index contributed by atoms with van der Waals surface area (Å²) in [5, 5.41) is 0. The Hall–Kier alpha value is -1.22. The van der Waals surface area contributed by atoms with Crippen LogP contribution in [-0.2, 0) is 14.3 Å². The maximum absolute atomic E-state index is 13.2. The van der Waals surface area contributed by atoms with Gasteiger partial charge in [0.2, 0.25) is 0 Å². The predicted octanol–water partition coefficient (Wildman–Crippen LogP) is 3.96. The van der Waals surface area contributed by atoms with Crippen molar-refractivity contribution < 1.29 is 14.3 Å². The van der Waals surface area contributed by atoms with Gasteiger partial charge in [0.1, 0.15) is 4.32 Å². The van der Waals surface area contributed by atoms with Gasteiger partial charge < -0.3 is 9.64 Å². The van der Waals surface area contributed by atoms with Gasteiger partial charge in [-0.15, -0.1) is 0 Å². The zero-order valence-corrected chi connectivity index (χ0v) is 18.1. The van der Waals surface area contributed by atoms with Crippen LogP contribution in [0.25, 0.3) is 5.57 Å². The second kappa shape index (κ2) is 7.66. The molecule has 1 atom stereocenters. The molecule has 0 bridgehead atoms. The Labute approximate surface area is 176 Å². The van der Waals surface area contributed by atoms with E-state index in [4.69, 9.17) is 17.0 Å². The molecule has 2 fully saturated rings. The zero-order chi connectivity index (χ0) is 19.1. The van der Waals surface area contributed by atoms with E-state index in [9.17, 15) is 9.59 Å². The monoisotopic (exact) mass is 466 g/mol. The van der Waals surface area contributed by atoms with E-state index in [2.05, 4.69) is 15.9 Å². The second-order valence-electron chi connectivity index (χ2n) is 6.74. The molecule has 8 heteroatoms. The lowest BCUT2D eigenvalue weighted by atomic mass is 10.1. The first kappa shape index (κ1) is 19.1. The van der Waals surface area contributed by atoms with Gasteiger partial charge in [-0.3, -0.25) is 14.5 Å². The van der Waals surface area contributed by atoms with Crippen LogP contribution < -0.4 is 4.90 Å². The van der Waals surface area contributed by atoms with Crippen LogP contribution in [0.1, 0.15) is 31.7 Å². The summed E-state index contributed by atoms with van der Waals surface area (Å²) in [7, 11) is 0. The molecule has 3 aliphatic heterocycles. The van der Waals surface area contributed by atoms with E-state index < -0.39 is 0 Å². The van der Waals surface area contributed by atoms with Gasteiger partial charge in [-0.1, -0.05) is 46.8 Å². The fraction of sp³-hybridized carbons (Fsp3) is 0.421. The summed E-state index contributed by atoms with van der Waals surface area (Å²) in [6, 6.07) is 5.75. The van der Waals surface area contributed by atoms with Crippen LogP contribution in [0.15, 0.2) is 27.6 Å². The molecule has 0 unspecified atom stereocenters. The van der Waals surface area contributed by atoms with Crippen molar-refractivity contribution in [3.8, 4) is 0 Å². The minimum Gasteiger partial charge on any atom is -0.376 e. The molecular weight excluding hydrogens is 448 g/mol. The summed E-state index contributed by atoms with van der Waals surface area (Å²) < 4.78 is 7.03. The van der Waals surface area contributed by atoms with Crippen molar-refractivity contribution in [2.75, 3.05) is 24.6 Å². The van der Waals surface area contributed by atoms with Crippen LogP contribution in [0.3, 0.4) is 0 Å². The fourth-order valence-corrected chi connectivity index (χ4v) is 5.38. The number of thiocarbonyl (C=S) groups is 1. The van der Waals surface area contributed by atoms with Crippen molar-refractivity contribution in [2.24, 2.45) is 0 Å². The molecule has 0 saturated carbocycles. The number of thioether (sulfide) groups is 1. The van der Waals surface area contributed by atoms with Gasteiger partial charge in [0, 0.05) is 23.2 Å². The molecule has 142 valence electrons. The third kappa shape index (κ3) is 3.37. The van der Waals surface area contributed by atoms with Gasteiger partial charge in [0.15, 0.2) is 0 Å². The van der Waals surface area contributed by atoms with Gasteiger partial charge in [-0.05, 0) is 37.5 Å². The molecule has 4 rings (SSSR count). The topological polar surface area (TPSA) is 49.9 Å². The lowest BCUT2D eigenvalue weighted by Gasteiger charge is -2.18. The first-order valence-corrected chi connectivity index (χ1v) is 11.0. The highest BCUT2D eigenvalue weighted by atomic mass is 79.9. The third-order valence-corrected chi connectivity index (χ3v) is 6.85. The van der Waals surface area contributed by atoms with Crippen LogP contribution in [0.5, 0.6) is 0 Å². The summed E-state index contributed by atoms with van der Waals surface area (Å²) in [4.78, 5) is 30.0. The number of hydrogen-bond acceptors (Lipinski definition) is 5. The maximum atomic E-state index is 13.2. The first-order chi connectivity index (χ1) is 13.0. The largest absolute Gasteiger partial charge is 0.376 e. The van der Waals surface area contributed by atoms with Crippen molar-refractivity contribution in [2.45, 2.75) is 32.3 Å². The lowest BCUT2D eigenvalue weighted by Crippen LogP contribution is -2.35. The molecule has 0 aromatic heterocycles. The molecule has 0 N–H and O–H groups in total. The molecule has 27 heavy (non-hydrogen) atoms. The van der Waals surface area contributed by atoms with E-state index in [0.29, 0.717) is 27.9 Å². The predicted molar refractivity (Wildman–Crippen MR) is 115 cm³/mol. The molecule has 0 radical (unpaired) electrons. The SMILES string of the molecule is CCCN1C(=O)/C(=C2\SC(=S)N(C[C@@H]3CCCO3)C2=O)c2cc(Br)ccc21.